The summed E-state index contributed by atoms with van der Waals surface area (Å²) in [4.78, 5) is 33.4. The second kappa shape index (κ2) is 11.1. The molecule has 33 heavy (non-hydrogen) atoms. The van der Waals surface area contributed by atoms with Crippen LogP contribution in [-0.2, 0) is 27.3 Å². The van der Waals surface area contributed by atoms with E-state index in [0.717, 1.165) is 64.3 Å². The van der Waals surface area contributed by atoms with E-state index in [1.165, 1.54) is 5.01 Å². The molecule has 0 saturated carbocycles. The number of hydrogen-bond acceptors (Lipinski definition) is 6. The number of ether oxygens (including phenoxy) is 1. The fourth-order valence-electron chi connectivity index (χ4n) is 3.97. The first-order valence-corrected chi connectivity index (χ1v) is 11.5. The number of thiazole rings is 1. The summed E-state index contributed by atoms with van der Waals surface area (Å²) in [5.41, 5.74) is 1.03. The molecule has 2 saturated heterocycles. The summed E-state index contributed by atoms with van der Waals surface area (Å²) in [5, 5.41) is 10.3. The van der Waals surface area contributed by atoms with Crippen molar-refractivity contribution in [2.24, 2.45) is 0 Å². The van der Waals surface area contributed by atoms with Crippen molar-refractivity contribution in [1.82, 2.24) is 19.8 Å². The van der Waals surface area contributed by atoms with Crippen LogP contribution in [0, 0.1) is 0 Å². The smallest absolute Gasteiger partial charge is 0.475 e. The second-order valence-corrected chi connectivity index (χ2v) is 9.03. The summed E-state index contributed by atoms with van der Waals surface area (Å²) in [7, 11) is 0. The monoisotopic (exact) mass is 488 g/mol. The molecule has 0 atom stereocenters. The Morgan fingerprint density at radius 3 is 2.58 bits per heavy atom. The Morgan fingerprint density at radius 1 is 1.27 bits per heavy atom. The lowest BCUT2D eigenvalue weighted by Gasteiger charge is -2.47. The van der Waals surface area contributed by atoms with Crippen molar-refractivity contribution in [3.05, 3.63) is 40.6 Å². The predicted octanol–water partition coefficient (Wildman–Crippen LogP) is 2.93. The number of hydrogen-bond donors (Lipinski definition) is 2. The number of morpholine rings is 1. The first-order chi connectivity index (χ1) is 15.7. The Hall–Kier alpha value is -2.44. The number of nitrogens with zero attached hydrogens (tertiary/aromatic N) is 3. The van der Waals surface area contributed by atoms with Crippen LogP contribution in [0.4, 0.5) is 13.2 Å². The van der Waals surface area contributed by atoms with Gasteiger partial charge in [-0.3, -0.25) is 9.69 Å². The molecular formula is C21H27F3N4O4S. The Labute approximate surface area is 193 Å². The molecular weight excluding hydrogens is 461 g/mol. The number of aromatic nitrogens is 2. The summed E-state index contributed by atoms with van der Waals surface area (Å²) in [6.07, 6.45) is 1.90. The highest BCUT2D eigenvalue weighted by molar-refractivity contribution is 7.09. The molecule has 0 aromatic carbocycles. The van der Waals surface area contributed by atoms with Gasteiger partial charge in [-0.2, -0.15) is 13.2 Å². The number of rotatable bonds is 5. The van der Waals surface area contributed by atoms with Gasteiger partial charge in [0.15, 0.2) is 0 Å². The van der Waals surface area contributed by atoms with Crippen molar-refractivity contribution < 1.29 is 32.6 Å². The van der Waals surface area contributed by atoms with E-state index in [9.17, 15) is 18.0 Å². The Bertz CT molecular complexity index is 882. The van der Waals surface area contributed by atoms with Gasteiger partial charge in [0.2, 0.25) is 5.91 Å². The molecule has 8 nitrogen and oxygen atoms in total. The quantitative estimate of drug-likeness (QED) is 0.672. The van der Waals surface area contributed by atoms with Gasteiger partial charge in [-0.15, -0.1) is 11.3 Å². The van der Waals surface area contributed by atoms with Gasteiger partial charge in [-0.05, 0) is 31.4 Å². The van der Waals surface area contributed by atoms with E-state index in [1.807, 2.05) is 34.8 Å². The lowest BCUT2D eigenvalue weighted by atomic mass is 9.89. The zero-order valence-corrected chi connectivity index (χ0v) is 18.8. The maximum Gasteiger partial charge on any atom is 0.490 e. The molecule has 2 N–H and O–H groups in total. The molecule has 0 aliphatic carbocycles. The molecule has 1 amide bonds. The average Bonchev–Trinajstić information content (AvgIpc) is 3.47. The first-order valence-electron chi connectivity index (χ1n) is 10.6. The summed E-state index contributed by atoms with van der Waals surface area (Å²) in [6, 6.07) is 4.01. The Kier molecular flexibility index (Phi) is 8.49. The standard InChI is InChI=1S/C19H26N4O2S.C2HF3O2/c24-18(4-3-16-2-1-7-20-16)23-9-5-19(6-10-23)15-22(11-12-25-19)14-17-21-8-13-26-17;3-2(4,5)1(6)7/h1-2,7-8,13,20H,3-6,9-12,14-15H2;(H,6,7). The molecule has 2 aliphatic rings. The van der Waals surface area contributed by atoms with Crippen LogP contribution in [0.2, 0.25) is 0 Å². The summed E-state index contributed by atoms with van der Waals surface area (Å²) in [5.74, 6) is -2.50. The minimum Gasteiger partial charge on any atom is -0.475 e. The number of carbonyl (C=O) groups is 2. The summed E-state index contributed by atoms with van der Waals surface area (Å²) < 4.78 is 37.9. The van der Waals surface area contributed by atoms with E-state index in [0.29, 0.717) is 6.42 Å². The maximum absolute atomic E-state index is 12.5. The zero-order chi connectivity index (χ0) is 23.9. The number of aliphatic carboxylic acids is 1. The van der Waals surface area contributed by atoms with E-state index in [4.69, 9.17) is 14.6 Å². The third kappa shape index (κ3) is 7.54. The molecule has 12 heteroatoms. The lowest BCUT2D eigenvalue weighted by molar-refractivity contribution is -0.192. The number of alkyl halides is 3. The molecule has 2 aromatic rings. The van der Waals surface area contributed by atoms with E-state index >= 15 is 0 Å². The molecule has 0 unspecified atom stereocenters. The zero-order valence-electron chi connectivity index (χ0n) is 18.0. The van der Waals surface area contributed by atoms with Crippen LogP contribution >= 0.6 is 11.3 Å². The van der Waals surface area contributed by atoms with E-state index in [-0.39, 0.29) is 11.5 Å². The maximum atomic E-state index is 12.5. The highest BCUT2D eigenvalue weighted by Crippen LogP contribution is 2.31. The Balaban J connectivity index is 0.000000383. The fourth-order valence-corrected chi connectivity index (χ4v) is 4.63. The van der Waals surface area contributed by atoms with Gasteiger partial charge in [0, 0.05) is 56.1 Å². The molecule has 2 aliphatic heterocycles. The molecule has 2 aromatic heterocycles. The first kappa shape index (κ1) is 25.2. The number of nitrogens with one attached hydrogen (secondary N) is 1. The SMILES string of the molecule is O=C(CCc1ccc[nH]1)N1CCC2(CC1)CN(Cc1nccs1)CCO2.O=C(O)C(F)(F)F. The molecule has 4 heterocycles. The lowest BCUT2D eigenvalue weighted by Crippen LogP contribution is -2.57. The predicted molar refractivity (Wildman–Crippen MR) is 115 cm³/mol. The Morgan fingerprint density at radius 2 is 2.00 bits per heavy atom. The molecule has 1 spiro atoms. The van der Waals surface area contributed by atoms with Gasteiger partial charge < -0.3 is 19.7 Å². The van der Waals surface area contributed by atoms with E-state index in [2.05, 4.69) is 14.9 Å². The second-order valence-electron chi connectivity index (χ2n) is 8.05. The van der Waals surface area contributed by atoms with Crippen LogP contribution in [0.3, 0.4) is 0 Å². The van der Waals surface area contributed by atoms with Crippen LogP contribution in [0.15, 0.2) is 29.9 Å². The van der Waals surface area contributed by atoms with Crippen molar-refractivity contribution in [3.8, 4) is 0 Å². The van der Waals surface area contributed by atoms with Gasteiger partial charge in [-0.25, -0.2) is 9.78 Å². The summed E-state index contributed by atoms with van der Waals surface area (Å²) >= 11 is 1.71. The third-order valence-corrected chi connectivity index (χ3v) is 6.47. The van der Waals surface area contributed by atoms with Crippen LogP contribution in [0.5, 0.6) is 0 Å². The largest absolute Gasteiger partial charge is 0.490 e. The minimum absolute atomic E-state index is 0.0915. The van der Waals surface area contributed by atoms with Gasteiger partial charge in [-0.1, -0.05) is 0 Å². The van der Waals surface area contributed by atoms with Crippen molar-refractivity contribution >= 4 is 23.2 Å². The number of carboxylic acids is 1. The number of carboxylic acid groups (broad SMARTS) is 1. The van der Waals surface area contributed by atoms with Crippen LogP contribution in [0.25, 0.3) is 0 Å². The number of carbonyl (C=O) groups excluding carboxylic acids is 1. The number of H-pyrrole nitrogens is 1. The highest BCUT2D eigenvalue weighted by atomic mass is 32.1. The van der Waals surface area contributed by atoms with Crippen LogP contribution in [-0.4, -0.2) is 81.3 Å². The molecule has 0 bridgehead atoms. The van der Waals surface area contributed by atoms with Crippen molar-refractivity contribution in [2.45, 2.75) is 44.0 Å². The highest BCUT2D eigenvalue weighted by Gasteiger charge is 2.40. The molecule has 4 rings (SSSR count). The normalized spacial score (nSPS) is 18.6. The van der Waals surface area contributed by atoms with Crippen LogP contribution < -0.4 is 0 Å². The van der Waals surface area contributed by atoms with Gasteiger partial charge in [0.25, 0.3) is 0 Å². The number of amides is 1. The third-order valence-electron chi connectivity index (χ3n) is 5.71. The number of aromatic amines is 1. The van der Waals surface area contributed by atoms with Gasteiger partial charge in [0.05, 0.1) is 18.8 Å². The number of halogens is 3. The van der Waals surface area contributed by atoms with E-state index in [1.54, 1.807) is 11.3 Å². The molecule has 182 valence electrons. The topological polar surface area (TPSA) is 98.8 Å². The fraction of sp³-hybridized carbons (Fsp3) is 0.571. The number of piperidine rings is 1. The summed E-state index contributed by atoms with van der Waals surface area (Å²) in [6.45, 7) is 5.17. The average molecular weight is 489 g/mol. The molecule has 0 radical (unpaired) electrons. The van der Waals surface area contributed by atoms with Crippen molar-refractivity contribution in [3.63, 3.8) is 0 Å². The van der Waals surface area contributed by atoms with Gasteiger partial charge in [0.1, 0.15) is 5.01 Å². The number of likely N-dealkylation sites (tertiary alicyclic amines) is 1. The van der Waals surface area contributed by atoms with E-state index < -0.39 is 12.1 Å². The molecule has 2 fully saturated rings. The van der Waals surface area contributed by atoms with Crippen molar-refractivity contribution in [1.29, 1.82) is 0 Å². The van der Waals surface area contributed by atoms with Gasteiger partial charge >= 0.3 is 12.1 Å². The van der Waals surface area contributed by atoms with Crippen LogP contribution in [0.1, 0.15) is 30.0 Å². The minimum atomic E-state index is -5.08. The van der Waals surface area contributed by atoms with Crippen molar-refractivity contribution in [2.75, 3.05) is 32.8 Å². The number of aryl methyl sites for hydroxylation is 1.